The number of hydrogen-bond acceptors (Lipinski definition) is 6. The lowest BCUT2D eigenvalue weighted by Gasteiger charge is -2.06. The van der Waals surface area contributed by atoms with Gasteiger partial charge < -0.3 is 17.2 Å². The molecule has 0 aliphatic carbocycles. The summed E-state index contributed by atoms with van der Waals surface area (Å²) in [5.74, 6) is 0.560. The minimum absolute atomic E-state index is 0.0802. The summed E-state index contributed by atoms with van der Waals surface area (Å²) in [5, 5.41) is 0. The highest BCUT2D eigenvalue weighted by Gasteiger charge is 2.09. The van der Waals surface area contributed by atoms with E-state index in [4.69, 9.17) is 17.2 Å². The highest BCUT2D eigenvalue weighted by atomic mass is 79.9. The Morgan fingerprint density at radius 2 is 1.29 bits per heavy atom. The average molecular weight is 360 g/mol. The summed E-state index contributed by atoms with van der Waals surface area (Å²) in [4.78, 5) is 11.7. The highest BCUT2D eigenvalue weighted by molar-refractivity contribution is 9.11. The standard InChI is InChI=1S/C9H8Br2N6/c10-4-1-3(2-5(11)6(4)12)7-15-8(13)17-9(14)16-7/h1-2H,12H2,(H4,13,14,15,16,17). The number of nitrogen functional groups attached to an aromatic ring is 3. The molecule has 0 fully saturated rings. The topological polar surface area (TPSA) is 117 Å². The van der Waals surface area contributed by atoms with Gasteiger partial charge in [0.1, 0.15) is 0 Å². The van der Waals surface area contributed by atoms with Crippen LogP contribution in [-0.4, -0.2) is 15.0 Å². The molecule has 2 aromatic rings. The smallest absolute Gasteiger partial charge is 0.225 e. The van der Waals surface area contributed by atoms with E-state index in [-0.39, 0.29) is 11.9 Å². The van der Waals surface area contributed by atoms with Crippen molar-refractivity contribution in [3.05, 3.63) is 21.1 Å². The van der Waals surface area contributed by atoms with Crippen molar-refractivity contribution in [2.75, 3.05) is 17.2 Å². The predicted octanol–water partition coefficient (Wildman–Crippen LogP) is 1.81. The number of rotatable bonds is 1. The molecule has 0 atom stereocenters. The summed E-state index contributed by atoms with van der Waals surface area (Å²) in [5.41, 5.74) is 18.2. The van der Waals surface area contributed by atoms with Gasteiger partial charge in [0.25, 0.3) is 0 Å². The SMILES string of the molecule is Nc1nc(N)nc(-c2cc(Br)c(N)c(Br)c2)n1. The van der Waals surface area contributed by atoms with Gasteiger partial charge in [0.2, 0.25) is 11.9 Å². The zero-order valence-electron chi connectivity index (χ0n) is 8.48. The zero-order valence-corrected chi connectivity index (χ0v) is 11.7. The molecule has 1 aromatic carbocycles. The van der Waals surface area contributed by atoms with Crippen LogP contribution in [0.3, 0.4) is 0 Å². The monoisotopic (exact) mass is 358 g/mol. The van der Waals surface area contributed by atoms with E-state index in [1.807, 2.05) is 0 Å². The lowest BCUT2D eigenvalue weighted by atomic mass is 10.2. The third-order valence-corrected chi connectivity index (χ3v) is 3.32. The van der Waals surface area contributed by atoms with Gasteiger partial charge in [-0.05, 0) is 44.0 Å². The Morgan fingerprint density at radius 3 is 1.76 bits per heavy atom. The number of benzene rings is 1. The highest BCUT2D eigenvalue weighted by Crippen LogP contribution is 2.32. The molecule has 1 heterocycles. The van der Waals surface area contributed by atoms with Crippen LogP contribution in [0.5, 0.6) is 0 Å². The number of halogens is 2. The van der Waals surface area contributed by atoms with Crippen LogP contribution in [0.2, 0.25) is 0 Å². The zero-order chi connectivity index (χ0) is 12.6. The Balaban J connectivity index is 2.60. The first-order chi connectivity index (χ1) is 7.97. The Labute approximate surface area is 114 Å². The largest absolute Gasteiger partial charge is 0.397 e. The molecule has 0 saturated heterocycles. The first-order valence-corrected chi connectivity index (χ1v) is 6.08. The number of nitrogens with two attached hydrogens (primary N) is 3. The Bertz CT molecular complexity index is 542. The lowest BCUT2D eigenvalue weighted by molar-refractivity contribution is 1.09. The van der Waals surface area contributed by atoms with Gasteiger partial charge in [0.15, 0.2) is 5.82 Å². The molecule has 6 N–H and O–H groups in total. The molecule has 6 nitrogen and oxygen atoms in total. The summed E-state index contributed by atoms with van der Waals surface area (Å²) in [7, 11) is 0. The van der Waals surface area contributed by atoms with Gasteiger partial charge in [-0.2, -0.15) is 15.0 Å². The van der Waals surface area contributed by atoms with Crippen molar-refractivity contribution < 1.29 is 0 Å². The summed E-state index contributed by atoms with van der Waals surface area (Å²) in [6, 6.07) is 3.57. The molecule has 0 saturated carbocycles. The summed E-state index contributed by atoms with van der Waals surface area (Å²) >= 11 is 6.69. The van der Waals surface area contributed by atoms with Crippen molar-refractivity contribution >= 4 is 49.4 Å². The molecule has 0 amide bonds. The lowest BCUT2D eigenvalue weighted by Crippen LogP contribution is -2.04. The number of hydrogen-bond donors (Lipinski definition) is 3. The number of anilines is 3. The van der Waals surface area contributed by atoms with Crippen LogP contribution in [0.25, 0.3) is 11.4 Å². The van der Waals surface area contributed by atoms with Gasteiger partial charge in [-0.1, -0.05) is 0 Å². The van der Waals surface area contributed by atoms with Crippen molar-refractivity contribution in [3.8, 4) is 11.4 Å². The average Bonchev–Trinajstić information content (AvgIpc) is 2.23. The normalized spacial score (nSPS) is 10.5. The van der Waals surface area contributed by atoms with E-state index in [1.54, 1.807) is 12.1 Å². The summed E-state index contributed by atoms with van der Waals surface area (Å²) < 4.78 is 1.47. The number of aromatic nitrogens is 3. The second-order valence-electron chi connectivity index (χ2n) is 3.23. The second-order valence-corrected chi connectivity index (χ2v) is 4.94. The minimum Gasteiger partial charge on any atom is -0.397 e. The maximum atomic E-state index is 5.79. The Morgan fingerprint density at radius 1 is 0.824 bits per heavy atom. The van der Waals surface area contributed by atoms with E-state index in [2.05, 4.69) is 46.8 Å². The predicted molar refractivity (Wildman–Crippen MR) is 73.9 cm³/mol. The molecule has 0 radical (unpaired) electrons. The molecule has 0 spiro atoms. The summed E-state index contributed by atoms with van der Waals surface area (Å²) in [6.07, 6.45) is 0. The van der Waals surface area contributed by atoms with Gasteiger partial charge >= 0.3 is 0 Å². The van der Waals surface area contributed by atoms with E-state index >= 15 is 0 Å². The molecule has 88 valence electrons. The molecule has 2 rings (SSSR count). The van der Waals surface area contributed by atoms with E-state index in [0.717, 1.165) is 14.5 Å². The van der Waals surface area contributed by atoms with Gasteiger partial charge in [-0.15, -0.1) is 0 Å². The molecule has 0 aliphatic heterocycles. The van der Waals surface area contributed by atoms with Gasteiger partial charge in [0, 0.05) is 14.5 Å². The first-order valence-electron chi connectivity index (χ1n) is 4.49. The van der Waals surface area contributed by atoms with Crippen molar-refractivity contribution in [2.45, 2.75) is 0 Å². The van der Waals surface area contributed by atoms with E-state index in [9.17, 15) is 0 Å². The van der Waals surface area contributed by atoms with Crippen LogP contribution in [0, 0.1) is 0 Å². The molecule has 1 aromatic heterocycles. The van der Waals surface area contributed by atoms with Crippen LogP contribution >= 0.6 is 31.9 Å². The third-order valence-electron chi connectivity index (χ3n) is 2.01. The molecule has 0 bridgehead atoms. The molecule has 8 heteroatoms. The fraction of sp³-hybridized carbons (Fsp3) is 0. The van der Waals surface area contributed by atoms with Crippen molar-refractivity contribution in [2.24, 2.45) is 0 Å². The molecule has 17 heavy (non-hydrogen) atoms. The molecular formula is C9H8Br2N6. The third kappa shape index (κ3) is 2.47. The fourth-order valence-corrected chi connectivity index (χ4v) is 2.44. The van der Waals surface area contributed by atoms with Gasteiger partial charge in [0.05, 0.1) is 5.69 Å². The van der Waals surface area contributed by atoms with Crippen LogP contribution < -0.4 is 17.2 Å². The Kier molecular flexibility index (Phi) is 3.16. The molecule has 0 aliphatic rings. The van der Waals surface area contributed by atoms with Crippen LogP contribution in [0.15, 0.2) is 21.1 Å². The Hall–Kier alpha value is -1.41. The van der Waals surface area contributed by atoms with E-state index in [1.165, 1.54) is 0 Å². The fourth-order valence-electron chi connectivity index (χ4n) is 1.25. The quantitative estimate of drug-likeness (QED) is 0.668. The van der Waals surface area contributed by atoms with E-state index < -0.39 is 0 Å². The summed E-state index contributed by atoms with van der Waals surface area (Å²) in [6.45, 7) is 0. The maximum absolute atomic E-state index is 5.79. The van der Waals surface area contributed by atoms with Crippen molar-refractivity contribution in [1.29, 1.82) is 0 Å². The molecular weight excluding hydrogens is 352 g/mol. The van der Waals surface area contributed by atoms with Crippen LogP contribution in [0.1, 0.15) is 0 Å². The molecule has 0 unspecified atom stereocenters. The van der Waals surface area contributed by atoms with E-state index in [0.29, 0.717) is 11.5 Å². The number of nitrogens with zero attached hydrogens (tertiary/aromatic N) is 3. The van der Waals surface area contributed by atoms with Gasteiger partial charge in [-0.25, -0.2) is 0 Å². The minimum atomic E-state index is 0.0802. The van der Waals surface area contributed by atoms with Crippen molar-refractivity contribution in [3.63, 3.8) is 0 Å². The second kappa shape index (κ2) is 4.46. The van der Waals surface area contributed by atoms with Gasteiger partial charge in [-0.3, -0.25) is 0 Å². The van der Waals surface area contributed by atoms with Crippen molar-refractivity contribution in [1.82, 2.24) is 15.0 Å². The maximum Gasteiger partial charge on any atom is 0.225 e. The first kappa shape index (κ1) is 12.1. The van der Waals surface area contributed by atoms with Crippen LogP contribution in [-0.2, 0) is 0 Å². The van der Waals surface area contributed by atoms with Crippen LogP contribution in [0.4, 0.5) is 17.6 Å².